The van der Waals surface area contributed by atoms with Crippen LogP contribution in [0.2, 0.25) is 0 Å². The van der Waals surface area contributed by atoms with Crippen LogP contribution in [-0.4, -0.2) is 11.2 Å². The van der Waals surface area contributed by atoms with E-state index in [4.69, 9.17) is 9.84 Å². The smallest absolute Gasteiger partial charge is 0.120 e. The lowest BCUT2D eigenvalue weighted by Crippen LogP contribution is -2.13. The van der Waals surface area contributed by atoms with Gasteiger partial charge in [-0.15, -0.1) is 0 Å². The Morgan fingerprint density at radius 3 is 2.24 bits per heavy atom. The highest BCUT2D eigenvalue weighted by molar-refractivity contribution is 5.29. The van der Waals surface area contributed by atoms with Gasteiger partial charge in [0.25, 0.3) is 0 Å². The summed E-state index contributed by atoms with van der Waals surface area (Å²) >= 11 is 0. The van der Waals surface area contributed by atoms with Crippen molar-refractivity contribution in [2.45, 2.75) is 39.6 Å². The van der Waals surface area contributed by atoms with Crippen LogP contribution in [0.25, 0.3) is 0 Å². The number of hydrogen-bond donors (Lipinski definition) is 2. The summed E-state index contributed by atoms with van der Waals surface area (Å²) in [5.41, 5.74) is 3.32. The standard InChI is InChI=1S/C18H23NO2/c1-14(2)21-18-8-4-6-16(10-18)12-19-11-15-5-3-7-17(9-15)13-20/h3-10,14,19-20H,11-13H2,1-2H3. The van der Waals surface area contributed by atoms with Crippen LogP contribution in [0.3, 0.4) is 0 Å². The third-order valence-corrected chi connectivity index (χ3v) is 3.10. The van der Waals surface area contributed by atoms with E-state index in [1.165, 1.54) is 11.1 Å². The molecule has 0 radical (unpaired) electrons. The largest absolute Gasteiger partial charge is 0.491 e. The summed E-state index contributed by atoms with van der Waals surface area (Å²) in [5.74, 6) is 0.909. The van der Waals surface area contributed by atoms with Gasteiger partial charge in [0.2, 0.25) is 0 Å². The minimum Gasteiger partial charge on any atom is -0.491 e. The lowest BCUT2D eigenvalue weighted by molar-refractivity contribution is 0.242. The fourth-order valence-electron chi connectivity index (χ4n) is 2.19. The highest BCUT2D eigenvalue weighted by Gasteiger charge is 2.00. The van der Waals surface area contributed by atoms with Gasteiger partial charge in [0, 0.05) is 13.1 Å². The first-order valence-electron chi connectivity index (χ1n) is 7.32. The molecule has 0 aliphatic heterocycles. The zero-order chi connectivity index (χ0) is 15.1. The van der Waals surface area contributed by atoms with Crippen LogP contribution in [0.15, 0.2) is 48.5 Å². The molecular weight excluding hydrogens is 262 g/mol. The van der Waals surface area contributed by atoms with Gasteiger partial charge in [-0.3, -0.25) is 0 Å². The second-order valence-electron chi connectivity index (χ2n) is 5.40. The maximum atomic E-state index is 9.13. The van der Waals surface area contributed by atoms with Gasteiger partial charge in [0.05, 0.1) is 12.7 Å². The van der Waals surface area contributed by atoms with Gasteiger partial charge in [-0.1, -0.05) is 36.4 Å². The predicted octanol–water partition coefficient (Wildman–Crippen LogP) is 3.26. The van der Waals surface area contributed by atoms with Crippen molar-refractivity contribution in [2.75, 3.05) is 0 Å². The van der Waals surface area contributed by atoms with Gasteiger partial charge < -0.3 is 15.2 Å². The van der Waals surface area contributed by atoms with Gasteiger partial charge in [0.1, 0.15) is 5.75 Å². The second kappa shape index (κ2) is 7.81. The Labute approximate surface area is 126 Å². The molecule has 0 aliphatic carbocycles. The van der Waals surface area contributed by atoms with Crippen LogP contribution in [0.4, 0.5) is 0 Å². The molecule has 0 heterocycles. The third kappa shape index (κ3) is 5.21. The normalized spacial score (nSPS) is 10.9. The minimum atomic E-state index is 0.0857. The zero-order valence-electron chi connectivity index (χ0n) is 12.7. The van der Waals surface area contributed by atoms with Crippen molar-refractivity contribution >= 4 is 0 Å². The van der Waals surface area contributed by atoms with Crippen molar-refractivity contribution < 1.29 is 9.84 Å². The van der Waals surface area contributed by atoms with Crippen LogP contribution in [-0.2, 0) is 19.7 Å². The highest BCUT2D eigenvalue weighted by Crippen LogP contribution is 2.15. The first-order chi connectivity index (χ1) is 10.2. The number of hydrogen-bond acceptors (Lipinski definition) is 3. The van der Waals surface area contributed by atoms with E-state index in [9.17, 15) is 0 Å². The van der Waals surface area contributed by atoms with Crippen LogP contribution in [0.1, 0.15) is 30.5 Å². The summed E-state index contributed by atoms with van der Waals surface area (Å²) in [5, 5.41) is 12.5. The lowest BCUT2D eigenvalue weighted by Gasteiger charge is -2.11. The summed E-state index contributed by atoms with van der Waals surface area (Å²) in [6.45, 7) is 5.71. The molecule has 0 bridgehead atoms. The minimum absolute atomic E-state index is 0.0857. The maximum Gasteiger partial charge on any atom is 0.120 e. The summed E-state index contributed by atoms with van der Waals surface area (Å²) in [6.07, 6.45) is 0.189. The molecule has 0 aromatic heterocycles. The fourth-order valence-corrected chi connectivity index (χ4v) is 2.19. The van der Waals surface area contributed by atoms with Crippen molar-refractivity contribution in [3.8, 4) is 5.75 Å². The molecule has 0 saturated carbocycles. The molecule has 0 atom stereocenters. The topological polar surface area (TPSA) is 41.5 Å². The van der Waals surface area contributed by atoms with Gasteiger partial charge >= 0.3 is 0 Å². The highest BCUT2D eigenvalue weighted by atomic mass is 16.5. The second-order valence-corrected chi connectivity index (χ2v) is 5.40. The molecular formula is C18H23NO2. The van der Waals surface area contributed by atoms with Crippen molar-refractivity contribution in [1.29, 1.82) is 0 Å². The third-order valence-electron chi connectivity index (χ3n) is 3.10. The number of aliphatic hydroxyl groups is 1. The number of ether oxygens (including phenoxy) is 1. The van der Waals surface area contributed by atoms with Crippen LogP contribution < -0.4 is 10.1 Å². The van der Waals surface area contributed by atoms with E-state index >= 15 is 0 Å². The first kappa shape index (κ1) is 15.5. The molecule has 0 aliphatic rings. The molecule has 3 heteroatoms. The van der Waals surface area contributed by atoms with E-state index in [0.717, 1.165) is 24.4 Å². The quantitative estimate of drug-likeness (QED) is 0.820. The van der Waals surface area contributed by atoms with Gasteiger partial charge in [-0.05, 0) is 42.7 Å². The summed E-state index contributed by atoms with van der Waals surface area (Å²) in [7, 11) is 0. The molecule has 0 spiro atoms. The van der Waals surface area contributed by atoms with Crippen molar-refractivity contribution in [1.82, 2.24) is 5.32 Å². The number of rotatable bonds is 7. The lowest BCUT2D eigenvalue weighted by atomic mass is 10.1. The van der Waals surface area contributed by atoms with Crippen molar-refractivity contribution in [3.05, 3.63) is 65.2 Å². The first-order valence-corrected chi connectivity index (χ1v) is 7.32. The van der Waals surface area contributed by atoms with E-state index in [1.807, 2.05) is 44.2 Å². The SMILES string of the molecule is CC(C)Oc1cccc(CNCc2cccc(CO)c2)c1. The monoisotopic (exact) mass is 285 g/mol. The maximum absolute atomic E-state index is 9.13. The Balaban J connectivity index is 1.88. The molecule has 112 valence electrons. The molecule has 0 saturated heterocycles. The Hall–Kier alpha value is -1.84. The van der Waals surface area contributed by atoms with E-state index < -0.39 is 0 Å². The Kier molecular flexibility index (Phi) is 5.78. The molecule has 0 amide bonds. The molecule has 2 aromatic carbocycles. The molecule has 2 aromatic rings. The number of aliphatic hydroxyl groups excluding tert-OH is 1. The average molecular weight is 285 g/mol. The average Bonchev–Trinajstić information content (AvgIpc) is 2.47. The van der Waals surface area contributed by atoms with E-state index in [2.05, 4.69) is 23.5 Å². The van der Waals surface area contributed by atoms with Crippen molar-refractivity contribution in [3.63, 3.8) is 0 Å². The Bertz CT molecular complexity index is 567. The van der Waals surface area contributed by atoms with E-state index in [0.29, 0.717) is 0 Å². The molecule has 0 fully saturated rings. The molecule has 3 nitrogen and oxygen atoms in total. The van der Waals surface area contributed by atoms with E-state index in [-0.39, 0.29) is 12.7 Å². The van der Waals surface area contributed by atoms with Gasteiger partial charge in [-0.2, -0.15) is 0 Å². The Morgan fingerprint density at radius 1 is 0.952 bits per heavy atom. The van der Waals surface area contributed by atoms with E-state index in [1.54, 1.807) is 0 Å². The fraction of sp³-hybridized carbons (Fsp3) is 0.333. The predicted molar refractivity (Wildman–Crippen MR) is 85.1 cm³/mol. The van der Waals surface area contributed by atoms with Gasteiger partial charge in [-0.25, -0.2) is 0 Å². The van der Waals surface area contributed by atoms with Crippen LogP contribution in [0, 0.1) is 0 Å². The Morgan fingerprint density at radius 2 is 1.57 bits per heavy atom. The summed E-state index contributed by atoms with van der Waals surface area (Å²) in [4.78, 5) is 0. The summed E-state index contributed by atoms with van der Waals surface area (Å²) in [6, 6.07) is 16.1. The molecule has 21 heavy (non-hydrogen) atoms. The molecule has 0 unspecified atom stereocenters. The van der Waals surface area contributed by atoms with Crippen LogP contribution >= 0.6 is 0 Å². The molecule has 2 rings (SSSR count). The zero-order valence-corrected chi connectivity index (χ0v) is 12.7. The van der Waals surface area contributed by atoms with Gasteiger partial charge in [0.15, 0.2) is 0 Å². The summed E-state index contributed by atoms with van der Waals surface area (Å²) < 4.78 is 5.69. The van der Waals surface area contributed by atoms with Crippen LogP contribution in [0.5, 0.6) is 5.75 Å². The van der Waals surface area contributed by atoms with Crippen molar-refractivity contribution in [2.24, 2.45) is 0 Å². The number of nitrogens with one attached hydrogen (secondary N) is 1. The molecule has 2 N–H and O–H groups in total. The number of benzene rings is 2.